The lowest BCUT2D eigenvalue weighted by Crippen LogP contribution is -2.23. The molecule has 1 aromatic rings. The van der Waals surface area contributed by atoms with E-state index in [4.69, 9.17) is 9.84 Å². The highest BCUT2D eigenvalue weighted by molar-refractivity contribution is 5.86. The van der Waals surface area contributed by atoms with Gasteiger partial charge >= 0.3 is 5.97 Å². The molecule has 0 unspecified atom stereocenters. The fourth-order valence-corrected chi connectivity index (χ4v) is 1.25. The Balaban J connectivity index is 2.64. The third-order valence-corrected chi connectivity index (χ3v) is 2.18. The average molecular weight is 224 g/mol. The number of nitrogens with zero attached hydrogens (tertiary/aromatic N) is 2. The zero-order valence-electron chi connectivity index (χ0n) is 9.51. The Bertz CT molecular complexity index is 355. The molecule has 1 heterocycles. The minimum absolute atomic E-state index is 0.0563. The van der Waals surface area contributed by atoms with Crippen molar-refractivity contribution in [2.45, 2.75) is 6.92 Å². The molecular formula is C11H16N2O3. The molecular weight excluding hydrogens is 208 g/mol. The number of aromatic nitrogens is 1. The minimum Gasteiger partial charge on any atom is -0.477 e. The maximum Gasteiger partial charge on any atom is 0.354 e. The van der Waals surface area contributed by atoms with Crippen molar-refractivity contribution in [3.05, 3.63) is 24.0 Å². The molecule has 1 aromatic heterocycles. The van der Waals surface area contributed by atoms with E-state index >= 15 is 0 Å². The molecule has 0 aliphatic heterocycles. The van der Waals surface area contributed by atoms with Crippen molar-refractivity contribution in [2.75, 3.05) is 31.7 Å². The molecule has 0 atom stereocenters. The van der Waals surface area contributed by atoms with Gasteiger partial charge in [-0.3, -0.25) is 0 Å². The summed E-state index contributed by atoms with van der Waals surface area (Å²) in [5, 5.41) is 8.80. The Hall–Kier alpha value is -1.62. The summed E-state index contributed by atoms with van der Waals surface area (Å²) in [7, 11) is 1.89. The van der Waals surface area contributed by atoms with E-state index in [0.29, 0.717) is 13.2 Å². The van der Waals surface area contributed by atoms with Gasteiger partial charge in [0, 0.05) is 32.1 Å². The van der Waals surface area contributed by atoms with Crippen molar-refractivity contribution in [1.82, 2.24) is 4.98 Å². The van der Waals surface area contributed by atoms with Crippen LogP contribution in [0.1, 0.15) is 17.4 Å². The molecule has 0 aromatic carbocycles. The number of ether oxygens (including phenoxy) is 1. The SMILES string of the molecule is CCOCCN(C)c1ccnc(C(=O)O)c1. The van der Waals surface area contributed by atoms with E-state index in [9.17, 15) is 4.79 Å². The molecule has 1 rings (SSSR count). The smallest absolute Gasteiger partial charge is 0.354 e. The second kappa shape index (κ2) is 6.07. The fourth-order valence-electron chi connectivity index (χ4n) is 1.25. The topological polar surface area (TPSA) is 62.7 Å². The minimum atomic E-state index is -1.01. The summed E-state index contributed by atoms with van der Waals surface area (Å²) in [5.74, 6) is -1.01. The van der Waals surface area contributed by atoms with Crippen LogP contribution in [0.4, 0.5) is 5.69 Å². The molecule has 0 radical (unpaired) electrons. The van der Waals surface area contributed by atoms with Crippen molar-refractivity contribution in [3.8, 4) is 0 Å². The highest BCUT2D eigenvalue weighted by Gasteiger charge is 2.07. The summed E-state index contributed by atoms with van der Waals surface area (Å²) >= 11 is 0. The molecule has 5 nitrogen and oxygen atoms in total. The van der Waals surface area contributed by atoms with E-state index in [1.807, 2.05) is 18.9 Å². The first kappa shape index (κ1) is 12.4. The van der Waals surface area contributed by atoms with E-state index in [0.717, 1.165) is 12.2 Å². The fraction of sp³-hybridized carbons (Fsp3) is 0.455. The first-order valence-electron chi connectivity index (χ1n) is 5.13. The average Bonchev–Trinajstić information content (AvgIpc) is 2.29. The molecule has 16 heavy (non-hydrogen) atoms. The van der Waals surface area contributed by atoms with Crippen LogP contribution in [-0.2, 0) is 4.74 Å². The van der Waals surface area contributed by atoms with Crippen molar-refractivity contribution >= 4 is 11.7 Å². The predicted octanol–water partition coefficient (Wildman–Crippen LogP) is 1.25. The lowest BCUT2D eigenvalue weighted by molar-refractivity contribution is 0.0690. The molecule has 88 valence electrons. The Morgan fingerprint density at radius 1 is 1.62 bits per heavy atom. The Labute approximate surface area is 94.7 Å². The van der Waals surface area contributed by atoms with Gasteiger partial charge < -0.3 is 14.7 Å². The third kappa shape index (κ3) is 3.51. The summed E-state index contributed by atoms with van der Waals surface area (Å²) in [6.07, 6.45) is 1.50. The van der Waals surface area contributed by atoms with Crippen LogP contribution in [0.2, 0.25) is 0 Å². The van der Waals surface area contributed by atoms with Crippen LogP contribution in [0.5, 0.6) is 0 Å². The predicted molar refractivity (Wildman–Crippen MR) is 61.0 cm³/mol. The van der Waals surface area contributed by atoms with Crippen molar-refractivity contribution in [2.24, 2.45) is 0 Å². The first-order valence-corrected chi connectivity index (χ1v) is 5.13. The summed E-state index contributed by atoms with van der Waals surface area (Å²) in [6, 6.07) is 3.33. The zero-order chi connectivity index (χ0) is 12.0. The van der Waals surface area contributed by atoms with Gasteiger partial charge in [0.2, 0.25) is 0 Å². The van der Waals surface area contributed by atoms with Crippen LogP contribution in [0.25, 0.3) is 0 Å². The number of likely N-dealkylation sites (N-methyl/N-ethyl adjacent to an activating group) is 1. The van der Waals surface area contributed by atoms with E-state index in [1.165, 1.54) is 6.20 Å². The molecule has 1 N–H and O–H groups in total. The van der Waals surface area contributed by atoms with Gasteiger partial charge in [-0.05, 0) is 19.1 Å². The number of anilines is 1. The number of pyridine rings is 1. The maximum atomic E-state index is 10.7. The van der Waals surface area contributed by atoms with Gasteiger partial charge in [0.15, 0.2) is 0 Å². The lowest BCUT2D eigenvalue weighted by atomic mass is 10.3. The van der Waals surface area contributed by atoms with Gasteiger partial charge in [-0.25, -0.2) is 9.78 Å². The quantitative estimate of drug-likeness (QED) is 0.737. The molecule has 0 fully saturated rings. The standard InChI is InChI=1S/C11H16N2O3/c1-3-16-7-6-13(2)9-4-5-12-10(8-9)11(14)15/h4-5,8H,3,6-7H2,1-2H3,(H,14,15). The number of carboxylic acids is 1. The Kier molecular flexibility index (Phi) is 4.72. The van der Waals surface area contributed by atoms with Gasteiger partial charge in [-0.15, -0.1) is 0 Å². The van der Waals surface area contributed by atoms with Gasteiger partial charge in [0.25, 0.3) is 0 Å². The molecule has 5 heteroatoms. The van der Waals surface area contributed by atoms with Gasteiger partial charge in [-0.1, -0.05) is 0 Å². The Morgan fingerprint density at radius 3 is 3.00 bits per heavy atom. The highest BCUT2D eigenvalue weighted by atomic mass is 16.5. The van der Waals surface area contributed by atoms with Gasteiger partial charge in [0.1, 0.15) is 5.69 Å². The molecule has 0 aliphatic carbocycles. The third-order valence-electron chi connectivity index (χ3n) is 2.18. The monoisotopic (exact) mass is 224 g/mol. The van der Waals surface area contributed by atoms with Crippen LogP contribution in [0.15, 0.2) is 18.3 Å². The van der Waals surface area contributed by atoms with E-state index in [2.05, 4.69) is 4.98 Å². The number of rotatable bonds is 6. The van der Waals surface area contributed by atoms with Crippen molar-refractivity contribution in [1.29, 1.82) is 0 Å². The second-order valence-corrected chi connectivity index (χ2v) is 3.32. The molecule has 0 saturated heterocycles. The zero-order valence-corrected chi connectivity index (χ0v) is 9.51. The summed E-state index contributed by atoms with van der Waals surface area (Å²) in [6.45, 7) is 3.97. The maximum absolute atomic E-state index is 10.7. The first-order chi connectivity index (χ1) is 7.65. The number of hydrogen-bond acceptors (Lipinski definition) is 4. The molecule has 0 saturated carbocycles. The van der Waals surface area contributed by atoms with Crippen LogP contribution in [-0.4, -0.2) is 42.9 Å². The van der Waals surface area contributed by atoms with E-state index < -0.39 is 5.97 Å². The lowest BCUT2D eigenvalue weighted by Gasteiger charge is -2.19. The van der Waals surface area contributed by atoms with Crippen molar-refractivity contribution < 1.29 is 14.6 Å². The number of carboxylic acid groups (broad SMARTS) is 1. The van der Waals surface area contributed by atoms with Crippen LogP contribution in [0.3, 0.4) is 0 Å². The Morgan fingerprint density at radius 2 is 2.38 bits per heavy atom. The summed E-state index contributed by atoms with van der Waals surface area (Å²) in [4.78, 5) is 16.4. The summed E-state index contributed by atoms with van der Waals surface area (Å²) < 4.78 is 5.23. The molecule has 0 spiro atoms. The molecule has 0 aliphatic rings. The van der Waals surface area contributed by atoms with E-state index in [1.54, 1.807) is 12.1 Å². The second-order valence-electron chi connectivity index (χ2n) is 3.32. The van der Waals surface area contributed by atoms with Gasteiger partial charge in [0.05, 0.1) is 6.61 Å². The summed E-state index contributed by atoms with van der Waals surface area (Å²) in [5.41, 5.74) is 0.882. The largest absolute Gasteiger partial charge is 0.477 e. The highest BCUT2D eigenvalue weighted by Crippen LogP contribution is 2.12. The normalized spacial score (nSPS) is 10.1. The number of carbonyl (C=O) groups is 1. The van der Waals surface area contributed by atoms with Crippen molar-refractivity contribution in [3.63, 3.8) is 0 Å². The molecule has 0 bridgehead atoms. The van der Waals surface area contributed by atoms with E-state index in [-0.39, 0.29) is 5.69 Å². The number of aromatic carboxylic acids is 1. The van der Waals surface area contributed by atoms with Crippen LogP contribution < -0.4 is 4.90 Å². The van der Waals surface area contributed by atoms with Crippen LogP contribution in [0, 0.1) is 0 Å². The van der Waals surface area contributed by atoms with Gasteiger partial charge in [-0.2, -0.15) is 0 Å². The molecule has 0 amide bonds. The van der Waals surface area contributed by atoms with Crippen LogP contribution >= 0.6 is 0 Å². The number of hydrogen-bond donors (Lipinski definition) is 1.